The number of hydrogen-bond donors (Lipinski definition) is 2. The number of sulfonamides is 1. The normalized spacial score (nSPS) is 21.4. The van der Waals surface area contributed by atoms with Crippen molar-refractivity contribution in [2.24, 2.45) is 0 Å². The number of phenolic OH excluding ortho intramolecular Hbond substituents is 1. The summed E-state index contributed by atoms with van der Waals surface area (Å²) in [6.45, 7) is 7.10. The molecule has 2 rings (SSSR count). The predicted molar refractivity (Wildman–Crippen MR) is 77.4 cm³/mol. The van der Waals surface area contributed by atoms with E-state index >= 15 is 0 Å². The van der Waals surface area contributed by atoms with Crippen LogP contribution in [0.2, 0.25) is 0 Å². The Kier molecular flexibility index (Phi) is 3.73. The molecule has 0 amide bonds. The fraction of sp³-hybridized carbons (Fsp3) is 0.571. The Labute approximate surface area is 120 Å². The Hall–Kier alpha value is -1.27. The lowest BCUT2D eigenvalue weighted by molar-refractivity contribution is 0.0699. The number of benzene rings is 1. The first kappa shape index (κ1) is 15.1. The molecule has 1 heterocycles. The van der Waals surface area contributed by atoms with Gasteiger partial charge in [-0.15, -0.1) is 0 Å². The molecule has 1 unspecified atom stereocenters. The van der Waals surface area contributed by atoms with Gasteiger partial charge in [-0.3, -0.25) is 0 Å². The average molecular weight is 299 g/mol. The first-order valence-electron chi connectivity index (χ1n) is 6.64. The maximum Gasteiger partial charge on any atom is 0.214 e. The van der Waals surface area contributed by atoms with Crippen molar-refractivity contribution < 1.29 is 18.3 Å². The Morgan fingerprint density at radius 2 is 2.05 bits per heavy atom. The summed E-state index contributed by atoms with van der Waals surface area (Å²) >= 11 is 0. The molecular weight excluding hydrogens is 278 g/mol. The van der Waals surface area contributed by atoms with Gasteiger partial charge in [-0.25, -0.2) is 13.1 Å². The van der Waals surface area contributed by atoms with Gasteiger partial charge < -0.3 is 9.84 Å². The van der Waals surface area contributed by atoms with Crippen LogP contribution in [0.25, 0.3) is 0 Å². The first-order chi connectivity index (χ1) is 9.11. The third kappa shape index (κ3) is 3.07. The van der Waals surface area contributed by atoms with Crippen molar-refractivity contribution in [1.82, 2.24) is 4.72 Å². The number of fused-ring (bicyclic) bond motifs is 1. The van der Waals surface area contributed by atoms with Gasteiger partial charge in [0.15, 0.2) is 0 Å². The quantitative estimate of drug-likeness (QED) is 0.898. The zero-order chi connectivity index (χ0) is 15.1. The number of phenols is 1. The van der Waals surface area contributed by atoms with Crippen molar-refractivity contribution in [1.29, 1.82) is 0 Å². The second-order valence-electron chi connectivity index (χ2n) is 6.05. The van der Waals surface area contributed by atoms with Gasteiger partial charge in [0.05, 0.1) is 11.3 Å². The van der Waals surface area contributed by atoms with Crippen molar-refractivity contribution in [2.75, 3.05) is 0 Å². The summed E-state index contributed by atoms with van der Waals surface area (Å²) in [5.74, 6) is 0.705. The van der Waals surface area contributed by atoms with Gasteiger partial charge in [-0.2, -0.15) is 0 Å². The fourth-order valence-corrected chi connectivity index (χ4v) is 3.16. The molecule has 20 heavy (non-hydrogen) atoms. The highest BCUT2D eigenvalue weighted by atomic mass is 32.2. The van der Waals surface area contributed by atoms with E-state index in [1.807, 2.05) is 13.8 Å². The molecule has 112 valence electrons. The van der Waals surface area contributed by atoms with Crippen molar-refractivity contribution in [3.05, 3.63) is 23.8 Å². The lowest BCUT2D eigenvalue weighted by Gasteiger charge is -2.38. The third-order valence-electron chi connectivity index (χ3n) is 3.38. The lowest BCUT2D eigenvalue weighted by atomic mass is 9.90. The monoisotopic (exact) mass is 299 g/mol. The van der Waals surface area contributed by atoms with Crippen LogP contribution in [0.4, 0.5) is 0 Å². The summed E-state index contributed by atoms with van der Waals surface area (Å²) < 4.78 is 32.7. The minimum atomic E-state index is -3.39. The van der Waals surface area contributed by atoms with E-state index in [2.05, 4.69) is 4.72 Å². The van der Waals surface area contributed by atoms with Gasteiger partial charge >= 0.3 is 0 Å². The lowest BCUT2D eigenvalue weighted by Crippen LogP contribution is -2.42. The van der Waals surface area contributed by atoms with Crippen LogP contribution in [0.1, 0.15) is 45.7 Å². The molecule has 2 N–H and O–H groups in total. The Balaban J connectivity index is 2.41. The molecule has 0 saturated heterocycles. The third-order valence-corrected chi connectivity index (χ3v) is 5.23. The van der Waals surface area contributed by atoms with E-state index in [9.17, 15) is 13.5 Å². The molecule has 1 aromatic rings. The van der Waals surface area contributed by atoms with Gasteiger partial charge in [0.25, 0.3) is 0 Å². The summed E-state index contributed by atoms with van der Waals surface area (Å²) in [6, 6.07) is 4.36. The van der Waals surface area contributed by atoms with Crippen molar-refractivity contribution in [3.63, 3.8) is 0 Å². The van der Waals surface area contributed by atoms with Crippen LogP contribution in [-0.2, 0) is 10.0 Å². The first-order valence-corrected chi connectivity index (χ1v) is 8.18. The highest BCUT2D eigenvalue weighted by Gasteiger charge is 2.36. The molecule has 0 aliphatic carbocycles. The molecular formula is C14H21NO4S. The van der Waals surface area contributed by atoms with E-state index in [4.69, 9.17) is 4.74 Å². The summed E-state index contributed by atoms with van der Waals surface area (Å²) in [6.07, 6.45) is 0.509. The van der Waals surface area contributed by atoms with Crippen LogP contribution in [0.5, 0.6) is 11.5 Å². The maximum atomic E-state index is 12.1. The van der Waals surface area contributed by atoms with Crippen molar-refractivity contribution in [2.45, 2.75) is 51.0 Å². The number of nitrogens with one attached hydrogen (secondary N) is 1. The van der Waals surface area contributed by atoms with Crippen molar-refractivity contribution >= 4 is 10.0 Å². The zero-order valence-corrected chi connectivity index (χ0v) is 13.0. The summed E-state index contributed by atoms with van der Waals surface area (Å²) in [4.78, 5) is 0. The predicted octanol–water partition coefficient (Wildman–Crippen LogP) is 2.32. The van der Waals surface area contributed by atoms with Gasteiger partial charge in [0.1, 0.15) is 17.1 Å². The van der Waals surface area contributed by atoms with Gasteiger partial charge in [0, 0.05) is 12.0 Å². The van der Waals surface area contributed by atoms with Gasteiger partial charge in [-0.05, 0) is 45.9 Å². The summed E-state index contributed by atoms with van der Waals surface area (Å²) in [5.41, 5.74) is 0.210. The van der Waals surface area contributed by atoms with Crippen LogP contribution < -0.4 is 9.46 Å². The maximum absolute atomic E-state index is 12.1. The van der Waals surface area contributed by atoms with Crippen LogP contribution >= 0.6 is 0 Å². The molecule has 6 heteroatoms. The summed E-state index contributed by atoms with van der Waals surface area (Å²) in [7, 11) is -3.39. The molecule has 0 saturated carbocycles. The minimum Gasteiger partial charge on any atom is -0.508 e. The number of rotatable bonds is 3. The highest BCUT2D eigenvalue weighted by molar-refractivity contribution is 7.90. The van der Waals surface area contributed by atoms with E-state index < -0.39 is 26.9 Å². The largest absolute Gasteiger partial charge is 0.508 e. The SMILES string of the molecule is CC(C)S(=O)(=O)NC1CC(C)(C)Oc2ccc(O)cc21. The smallest absolute Gasteiger partial charge is 0.214 e. The van der Waals surface area contributed by atoms with E-state index in [0.717, 1.165) is 0 Å². The molecule has 1 aliphatic rings. The van der Waals surface area contributed by atoms with E-state index in [1.165, 1.54) is 6.07 Å². The van der Waals surface area contributed by atoms with E-state index in [0.29, 0.717) is 17.7 Å². The number of hydrogen-bond acceptors (Lipinski definition) is 4. The molecule has 0 bridgehead atoms. The van der Waals surface area contributed by atoms with E-state index in [1.54, 1.807) is 26.0 Å². The molecule has 1 atom stereocenters. The van der Waals surface area contributed by atoms with Crippen LogP contribution in [0, 0.1) is 0 Å². The topological polar surface area (TPSA) is 75.6 Å². The number of ether oxygens (including phenoxy) is 1. The van der Waals surface area contributed by atoms with E-state index in [-0.39, 0.29) is 5.75 Å². The second kappa shape index (κ2) is 4.93. The zero-order valence-electron chi connectivity index (χ0n) is 12.2. The molecule has 0 aromatic heterocycles. The van der Waals surface area contributed by atoms with Crippen LogP contribution in [-0.4, -0.2) is 24.4 Å². The summed E-state index contributed by atoms with van der Waals surface area (Å²) in [5, 5.41) is 9.11. The Bertz CT molecular complexity index is 608. The molecule has 0 spiro atoms. The average Bonchev–Trinajstić information content (AvgIpc) is 2.28. The standard InChI is InChI=1S/C14H21NO4S/c1-9(2)20(17,18)15-12-8-14(3,4)19-13-6-5-10(16)7-11(12)13/h5-7,9,12,15-16H,8H2,1-4H3. The highest BCUT2D eigenvalue weighted by Crippen LogP contribution is 2.41. The van der Waals surface area contributed by atoms with Crippen LogP contribution in [0.3, 0.4) is 0 Å². The second-order valence-corrected chi connectivity index (χ2v) is 8.32. The van der Waals surface area contributed by atoms with Crippen LogP contribution in [0.15, 0.2) is 18.2 Å². The van der Waals surface area contributed by atoms with Gasteiger partial charge in [0.2, 0.25) is 10.0 Å². The molecule has 5 nitrogen and oxygen atoms in total. The number of aromatic hydroxyl groups is 1. The van der Waals surface area contributed by atoms with Gasteiger partial charge in [-0.1, -0.05) is 0 Å². The molecule has 0 radical (unpaired) electrons. The Morgan fingerprint density at radius 3 is 2.65 bits per heavy atom. The molecule has 1 aromatic carbocycles. The Morgan fingerprint density at radius 1 is 1.40 bits per heavy atom. The molecule has 0 fully saturated rings. The van der Waals surface area contributed by atoms with Crippen molar-refractivity contribution in [3.8, 4) is 11.5 Å². The molecule has 1 aliphatic heterocycles. The fourth-order valence-electron chi connectivity index (χ4n) is 2.28. The minimum absolute atomic E-state index is 0.0980.